The van der Waals surface area contributed by atoms with E-state index < -0.39 is 0 Å². The van der Waals surface area contributed by atoms with Gasteiger partial charge in [-0.25, -0.2) is 0 Å². The molecular formula is C31H31NO2. The van der Waals surface area contributed by atoms with Crippen molar-refractivity contribution in [2.24, 2.45) is 0 Å². The van der Waals surface area contributed by atoms with Crippen molar-refractivity contribution in [1.29, 1.82) is 0 Å². The molecule has 0 saturated heterocycles. The van der Waals surface area contributed by atoms with Crippen LogP contribution in [0.15, 0.2) is 91.0 Å². The highest BCUT2D eigenvalue weighted by Gasteiger charge is 2.47. The smallest absolute Gasteiger partial charge is 0.265 e. The Balaban J connectivity index is 1.46. The van der Waals surface area contributed by atoms with Crippen molar-refractivity contribution in [3.8, 4) is 5.75 Å². The molecule has 4 aromatic carbocycles. The lowest BCUT2D eigenvalue weighted by atomic mass is 9.65. The van der Waals surface area contributed by atoms with Crippen molar-refractivity contribution in [1.82, 2.24) is 0 Å². The zero-order chi connectivity index (χ0) is 23.9. The van der Waals surface area contributed by atoms with E-state index in [-0.39, 0.29) is 23.5 Å². The average Bonchev–Trinajstić information content (AvgIpc) is 2.82. The first-order valence-corrected chi connectivity index (χ1v) is 11.9. The summed E-state index contributed by atoms with van der Waals surface area (Å²) in [5.74, 6) is 0.677. The van der Waals surface area contributed by atoms with Gasteiger partial charge in [0.05, 0.1) is 0 Å². The molecule has 1 atom stereocenters. The van der Waals surface area contributed by atoms with Crippen LogP contribution in [0.3, 0.4) is 0 Å². The molecule has 0 aliphatic carbocycles. The third-order valence-corrected chi connectivity index (χ3v) is 7.15. The molecule has 34 heavy (non-hydrogen) atoms. The minimum Gasteiger partial charge on any atom is -0.484 e. The number of carbonyl (C=O) groups excluding carboxylic acids is 1. The van der Waals surface area contributed by atoms with Gasteiger partial charge in [0.15, 0.2) is 6.61 Å². The van der Waals surface area contributed by atoms with Crippen molar-refractivity contribution in [3.63, 3.8) is 0 Å². The van der Waals surface area contributed by atoms with E-state index in [1.807, 2.05) is 41.3 Å². The zero-order valence-corrected chi connectivity index (χ0v) is 20.3. The van der Waals surface area contributed by atoms with E-state index in [0.29, 0.717) is 5.75 Å². The summed E-state index contributed by atoms with van der Waals surface area (Å²) in [6.07, 6.45) is 0.821. The van der Waals surface area contributed by atoms with E-state index in [1.165, 1.54) is 16.7 Å². The maximum atomic E-state index is 13.6. The minimum atomic E-state index is -0.377. The van der Waals surface area contributed by atoms with Gasteiger partial charge in [-0.3, -0.25) is 4.79 Å². The van der Waals surface area contributed by atoms with Gasteiger partial charge in [-0.1, -0.05) is 85.3 Å². The topological polar surface area (TPSA) is 29.5 Å². The molecule has 3 nitrogen and oxygen atoms in total. The van der Waals surface area contributed by atoms with E-state index in [9.17, 15) is 4.79 Å². The van der Waals surface area contributed by atoms with Gasteiger partial charge in [0.1, 0.15) is 5.75 Å². The standard InChI is InChI=1S/C31H31NO2/c1-22-13-16-25(17-14-22)31(4)21-30(2,3)32(28-12-8-7-11-27(28)31)29(33)20-34-26-18-15-23-9-5-6-10-24(23)19-26/h5-19H,20-21H2,1-4H3/t31-/m1/s1. The van der Waals surface area contributed by atoms with Crippen LogP contribution in [0.5, 0.6) is 5.75 Å². The summed E-state index contributed by atoms with van der Waals surface area (Å²) in [4.78, 5) is 15.6. The fraction of sp³-hybridized carbons (Fsp3) is 0.258. The number of ether oxygens (including phenoxy) is 1. The van der Waals surface area contributed by atoms with Gasteiger partial charge in [-0.2, -0.15) is 0 Å². The van der Waals surface area contributed by atoms with Crippen molar-refractivity contribution < 1.29 is 9.53 Å². The van der Waals surface area contributed by atoms with E-state index in [0.717, 1.165) is 22.9 Å². The molecule has 1 heterocycles. The molecule has 4 aromatic rings. The van der Waals surface area contributed by atoms with E-state index in [2.05, 4.69) is 82.3 Å². The lowest BCUT2D eigenvalue weighted by molar-refractivity contribution is -0.121. The van der Waals surface area contributed by atoms with Crippen molar-refractivity contribution in [2.45, 2.75) is 45.1 Å². The molecule has 0 aromatic heterocycles. The zero-order valence-electron chi connectivity index (χ0n) is 20.3. The average molecular weight is 450 g/mol. The van der Waals surface area contributed by atoms with Gasteiger partial charge >= 0.3 is 0 Å². The van der Waals surface area contributed by atoms with E-state index >= 15 is 0 Å². The maximum absolute atomic E-state index is 13.6. The summed E-state index contributed by atoms with van der Waals surface area (Å²) in [5.41, 5.74) is 4.10. The third-order valence-electron chi connectivity index (χ3n) is 7.15. The number of hydrogen-bond acceptors (Lipinski definition) is 2. The van der Waals surface area contributed by atoms with Crippen LogP contribution in [0, 0.1) is 6.92 Å². The van der Waals surface area contributed by atoms with Crippen LogP contribution in [0.25, 0.3) is 10.8 Å². The second kappa shape index (κ2) is 8.32. The van der Waals surface area contributed by atoms with Gasteiger partial charge in [0.25, 0.3) is 5.91 Å². The van der Waals surface area contributed by atoms with Crippen molar-refractivity contribution >= 4 is 22.4 Å². The number of para-hydroxylation sites is 1. The molecule has 1 amide bonds. The van der Waals surface area contributed by atoms with Crippen LogP contribution >= 0.6 is 0 Å². The van der Waals surface area contributed by atoms with E-state index in [4.69, 9.17) is 4.74 Å². The second-order valence-corrected chi connectivity index (χ2v) is 10.2. The predicted octanol–water partition coefficient (Wildman–Crippen LogP) is 7.05. The van der Waals surface area contributed by atoms with Crippen LogP contribution in [0.4, 0.5) is 5.69 Å². The first-order chi connectivity index (χ1) is 16.3. The molecule has 0 saturated carbocycles. The molecule has 0 unspecified atom stereocenters. The molecule has 172 valence electrons. The molecule has 0 radical (unpaired) electrons. The Kier molecular flexibility index (Phi) is 5.44. The summed E-state index contributed by atoms with van der Waals surface area (Å²) < 4.78 is 6.00. The Labute approximate surface area is 202 Å². The molecule has 1 aliphatic rings. The van der Waals surface area contributed by atoms with Gasteiger partial charge < -0.3 is 9.64 Å². The van der Waals surface area contributed by atoms with Gasteiger partial charge in [-0.15, -0.1) is 0 Å². The van der Waals surface area contributed by atoms with Gasteiger partial charge in [0, 0.05) is 16.6 Å². The summed E-state index contributed by atoms with van der Waals surface area (Å²) in [7, 11) is 0. The number of carbonyl (C=O) groups is 1. The Morgan fingerprint density at radius 3 is 2.29 bits per heavy atom. The highest BCUT2D eigenvalue weighted by atomic mass is 16.5. The largest absolute Gasteiger partial charge is 0.484 e. The number of amides is 1. The monoisotopic (exact) mass is 449 g/mol. The van der Waals surface area contributed by atoms with Gasteiger partial charge in [0.2, 0.25) is 0 Å². The first-order valence-electron chi connectivity index (χ1n) is 11.9. The van der Waals surface area contributed by atoms with E-state index in [1.54, 1.807) is 0 Å². The molecule has 0 fully saturated rings. The van der Waals surface area contributed by atoms with Gasteiger partial charge in [-0.05, 0) is 67.3 Å². The van der Waals surface area contributed by atoms with Crippen LogP contribution in [-0.4, -0.2) is 18.1 Å². The quantitative estimate of drug-likeness (QED) is 0.334. The Bertz CT molecular complexity index is 1360. The molecule has 0 N–H and O–H groups in total. The third kappa shape index (κ3) is 3.86. The fourth-order valence-corrected chi connectivity index (χ4v) is 5.62. The van der Waals surface area contributed by atoms with Crippen LogP contribution < -0.4 is 9.64 Å². The minimum absolute atomic E-state index is 0.00263. The number of rotatable bonds is 4. The van der Waals surface area contributed by atoms with Crippen molar-refractivity contribution in [2.75, 3.05) is 11.5 Å². The predicted molar refractivity (Wildman–Crippen MR) is 140 cm³/mol. The number of aryl methyl sites for hydroxylation is 1. The summed E-state index contributed by atoms with van der Waals surface area (Å²) in [5, 5.41) is 2.26. The lowest BCUT2D eigenvalue weighted by Gasteiger charge is -2.51. The number of hydrogen-bond donors (Lipinski definition) is 0. The first kappa shape index (κ1) is 22.2. The van der Waals surface area contributed by atoms with Crippen LogP contribution in [0.1, 0.15) is 43.9 Å². The molecule has 1 aliphatic heterocycles. The Hall–Kier alpha value is -3.59. The van der Waals surface area contributed by atoms with Crippen LogP contribution in [-0.2, 0) is 10.2 Å². The molecule has 3 heteroatoms. The number of nitrogens with zero attached hydrogens (tertiary/aromatic N) is 1. The Morgan fingerprint density at radius 1 is 0.853 bits per heavy atom. The fourth-order valence-electron chi connectivity index (χ4n) is 5.62. The second-order valence-electron chi connectivity index (χ2n) is 10.2. The highest BCUT2D eigenvalue weighted by Crippen LogP contribution is 2.50. The van der Waals surface area contributed by atoms with Crippen molar-refractivity contribution in [3.05, 3.63) is 108 Å². The summed E-state index contributed by atoms with van der Waals surface area (Å²) >= 11 is 0. The summed E-state index contributed by atoms with van der Waals surface area (Å²) in [6.45, 7) is 8.72. The summed E-state index contributed by atoms with van der Waals surface area (Å²) in [6, 6.07) is 31.2. The molecule has 0 bridgehead atoms. The number of benzene rings is 4. The lowest BCUT2D eigenvalue weighted by Crippen LogP contribution is -2.57. The highest BCUT2D eigenvalue weighted by molar-refractivity contribution is 5.97. The molecule has 5 rings (SSSR count). The number of fused-ring (bicyclic) bond motifs is 2. The Morgan fingerprint density at radius 2 is 1.53 bits per heavy atom. The van der Waals surface area contributed by atoms with Crippen LogP contribution in [0.2, 0.25) is 0 Å². The molecule has 0 spiro atoms. The maximum Gasteiger partial charge on any atom is 0.265 e. The molecular weight excluding hydrogens is 418 g/mol. The normalized spacial score (nSPS) is 19.0. The SMILES string of the molecule is Cc1ccc([C@@]2(C)CC(C)(C)N(C(=O)COc3ccc4ccccc4c3)c3ccccc32)cc1. The number of anilines is 1.